The third-order valence-electron chi connectivity index (χ3n) is 14.1. The molecule has 11 aromatic carbocycles. The van der Waals surface area contributed by atoms with Gasteiger partial charge in [0, 0.05) is 27.7 Å². The van der Waals surface area contributed by atoms with Crippen LogP contribution in [-0.4, -0.2) is 0 Å². The Morgan fingerprint density at radius 2 is 0.778 bits per heavy atom. The zero-order valence-corrected chi connectivity index (χ0v) is 34.2. The quantitative estimate of drug-likeness (QED) is 0.165. The van der Waals surface area contributed by atoms with Crippen molar-refractivity contribution in [1.82, 2.24) is 0 Å². The van der Waals surface area contributed by atoms with Crippen LogP contribution in [0, 0.1) is 0 Å². The Labute approximate surface area is 364 Å². The minimum absolute atomic E-state index is 0.517. The lowest BCUT2D eigenvalue weighted by molar-refractivity contribution is 0.669. The van der Waals surface area contributed by atoms with Gasteiger partial charge >= 0.3 is 0 Å². The van der Waals surface area contributed by atoms with E-state index in [0.29, 0.717) is 0 Å². The maximum absolute atomic E-state index is 6.21. The lowest BCUT2D eigenvalue weighted by atomic mass is 9.70. The Hall–Kier alpha value is -8.20. The third kappa shape index (κ3) is 4.67. The van der Waals surface area contributed by atoms with E-state index in [4.69, 9.17) is 4.42 Å². The summed E-state index contributed by atoms with van der Waals surface area (Å²) in [7, 11) is 0. The molecule has 2 nitrogen and oxygen atoms in total. The average molecular weight is 800 g/mol. The van der Waals surface area contributed by atoms with E-state index in [1.54, 1.807) is 0 Å². The Morgan fingerprint density at radius 1 is 0.302 bits per heavy atom. The van der Waals surface area contributed by atoms with E-state index in [2.05, 4.69) is 217 Å². The largest absolute Gasteiger partial charge is 0.456 e. The van der Waals surface area contributed by atoms with Crippen LogP contribution in [0.2, 0.25) is 0 Å². The molecule has 1 aromatic heterocycles. The van der Waals surface area contributed by atoms with Crippen LogP contribution < -0.4 is 4.90 Å². The van der Waals surface area contributed by atoms with Crippen molar-refractivity contribution in [2.45, 2.75) is 5.41 Å². The number of hydrogen-bond acceptors (Lipinski definition) is 2. The molecule has 0 saturated carbocycles. The molecule has 0 radical (unpaired) electrons. The molecule has 292 valence electrons. The minimum Gasteiger partial charge on any atom is -0.456 e. The van der Waals surface area contributed by atoms with Gasteiger partial charge < -0.3 is 9.32 Å². The Kier molecular flexibility index (Phi) is 7.07. The molecular formula is C61H37NO. The van der Waals surface area contributed by atoms with Crippen molar-refractivity contribution in [1.29, 1.82) is 0 Å². The summed E-state index contributed by atoms with van der Waals surface area (Å²) < 4.78 is 6.21. The van der Waals surface area contributed by atoms with Gasteiger partial charge in [0.2, 0.25) is 0 Å². The summed E-state index contributed by atoms with van der Waals surface area (Å²) in [5.74, 6) is 0. The molecule has 2 heteroatoms. The lowest BCUT2D eigenvalue weighted by Gasteiger charge is -2.36. The number of hydrogen-bond donors (Lipinski definition) is 0. The summed E-state index contributed by atoms with van der Waals surface area (Å²) in [6.45, 7) is 0. The van der Waals surface area contributed by atoms with Crippen molar-refractivity contribution in [2.24, 2.45) is 0 Å². The van der Waals surface area contributed by atoms with Crippen molar-refractivity contribution < 1.29 is 4.42 Å². The standard InChI is InChI=1S/C61H37NO/c1-2-16-44-42(14-1)43-15-3-4-17-45(43)52-37-41(33-34-46(44)52)62(40-31-28-38(29-32-40)39-30-35-59-53(36-39)50-21-8-12-27-58(50)63-59)57-26-13-22-51-49-20-7-11-25-56(49)61(60(51)57)54-23-9-5-18-47(54)48-19-6-10-24-55(48)61/h1-37H. The first-order chi connectivity index (χ1) is 31.3. The molecule has 1 spiro atoms. The molecule has 12 aromatic rings. The van der Waals surface area contributed by atoms with E-state index < -0.39 is 5.41 Å². The predicted molar refractivity (Wildman–Crippen MR) is 263 cm³/mol. The van der Waals surface area contributed by atoms with E-state index in [9.17, 15) is 0 Å². The molecular weight excluding hydrogens is 763 g/mol. The van der Waals surface area contributed by atoms with Crippen molar-refractivity contribution in [2.75, 3.05) is 4.90 Å². The molecule has 14 rings (SSSR count). The zero-order valence-electron chi connectivity index (χ0n) is 34.2. The number of benzene rings is 11. The number of fused-ring (bicyclic) bond motifs is 19. The number of rotatable bonds is 4. The van der Waals surface area contributed by atoms with Gasteiger partial charge in [0.05, 0.1) is 11.1 Å². The minimum atomic E-state index is -0.517. The smallest absolute Gasteiger partial charge is 0.135 e. The molecule has 0 unspecified atom stereocenters. The zero-order chi connectivity index (χ0) is 41.2. The van der Waals surface area contributed by atoms with E-state index in [1.807, 2.05) is 12.1 Å². The van der Waals surface area contributed by atoms with Crippen LogP contribution in [-0.2, 0) is 5.41 Å². The Bertz CT molecular complexity index is 3770. The fraction of sp³-hybridized carbons (Fsp3) is 0.0164. The highest BCUT2D eigenvalue weighted by molar-refractivity contribution is 6.26. The fourth-order valence-electron chi connectivity index (χ4n) is 11.5. The molecule has 0 aliphatic heterocycles. The maximum Gasteiger partial charge on any atom is 0.135 e. The van der Waals surface area contributed by atoms with Crippen LogP contribution in [0.4, 0.5) is 17.1 Å². The summed E-state index contributed by atoms with van der Waals surface area (Å²) in [6.07, 6.45) is 0. The normalized spacial score (nSPS) is 13.2. The predicted octanol–water partition coefficient (Wildman–Crippen LogP) is 16.5. The molecule has 0 bridgehead atoms. The van der Waals surface area contributed by atoms with Gasteiger partial charge in [0.15, 0.2) is 0 Å². The maximum atomic E-state index is 6.21. The van der Waals surface area contributed by atoms with Gasteiger partial charge in [-0.05, 0) is 131 Å². The lowest BCUT2D eigenvalue weighted by Crippen LogP contribution is -2.28. The van der Waals surface area contributed by atoms with Crippen LogP contribution >= 0.6 is 0 Å². The number of nitrogens with zero attached hydrogens (tertiary/aromatic N) is 1. The average Bonchev–Trinajstić information content (AvgIpc) is 3.99. The highest BCUT2D eigenvalue weighted by Crippen LogP contribution is 2.65. The summed E-state index contributed by atoms with van der Waals surface area (Å²) in [4.78, 5) is 2.52. The summed E-state index contributed by atoms with van der Waals surface area (Å²) in [5.41, 5.74) is 17.4. The molecule has 2 aliphatic rings. The van der Waals surface area contributed by atoms with Gasteiger partial charge in [-0.3, -0.25) is 0 Å². The van der Waals surface area contributed by atoms with E-state index in [-0.39, 0.29) is 0 Å². The number of furan rings is 1. The molecule has 0 fully saturated rings. The van der Waals surface area contributed by atoms with Crippen molar-refractivity contribution >= 4 is 71.3 Å². The fourth-order valence-corrected chi connectivity index (χ4v) is 11.5. The van der Waals surface area contributed by atoms with Crippen LogP contribution in [0.5, 0.6) is 0 Å². The van der Waals surface area contributed by atoms with Gasteiger partial charge in [-0.15, -0.1) is 0 Å². The molecule has 0 amide bonds. The van der Waals surface area contributed by atoms with Crippen LogP contribution in [0.15, 0.2) is 229 Å². The van der Waals surface area contributed by atoms with Crippen LogP contribution in [0.25, 0.3) is 87.6 Å². The van der Waals surface area contributed by atoms with Crippen molar-refractivity contribution in [3.05, 3.63) is 247 Å². The first-order valence-electron chi connectivity index (χ1n) is 21.8. The van der Waals surface area contributed by atoms with E-state index in [1.165, 1.54) is 82.5 Å². The second-order valence-electron chi connectivity index (χ2n) is 17.1. The van der Waals surface area contributed by atoms with Gasteiger partial charge in [-0.1, -0.05) is 176 Å². The molecule has 1 heterocycles. The molecule has 63 heavy (non-hydrogen) atoms. The topological polar surface area (TPSA) is 16.4 Å². The van der Waals surface area contributed by atoms with Crippen LogP contribution in [0.3, 0.4) is 0 Å². The first kappa shape index (κ1) is 34.5. The monoisotopic (exact) mass is 799 g/mol. The van der Waals surface area contributed by atoms with E-state index >= 15 is 0 Å². The Balaban J connectivity index is 1.04. The van der Waals surface area contributed by atoms with Gasteiger partial charge in [-0.2, -0.15) is 0 Å². The molecule has 0 saturated heterocycles. The third-order valence-corrected chi connectivity index (χ3v) is 14.1. The summed E-state index contributed by atoms with van der Waals surface area (Å²) >= 11 is 0. The van der Waals surface area contributed by atoms with Gasteiger partial charge in [0.25, 0.3) is 0 Å². The molecule has 2 aliphatic carbocycles. The Morgan fingerprint density at radius 3 is 1.43 bits per heavy atom. The second kappa shape index (κ2) is 12.9. The molecule has 0 N–H and O–H groups in total. The first-order valence-corrected chi connectivity index (χ1v) is 21.8. The van der Waals surface area contributed by atoms with Crippen LogP contribution in [0.1, 0.15) is 22.3 Å². The SMILES string of the molecule is c1ccc2c(c1)-c1ccccc1C21c2ccccc2-c2cccc(N(c3ccc(-c4ccc5oc6ccccc6c5c4)cc3)c3ccc4c5ccccc5c5ccccc5c4c3)c21. The summed E-state index contributed by atoms with van der Waals surface area (Å²) in [6, 6.07) is 83.1. The van der Waals surface area contributed by atoms with Gasteiger partial charge in [-0.25, -0.2) is 0 Å². The number of para-hydroxylation sites is 1. The second-order valence-corrected chi connectivity index (χ2v) is 17.1. The van der Waals surface area contributed by atoms with Crippen molar-refractivity contribution in [3.8, 4) is 33.4 Å². The summed E-state index contributed by atoms with van der Waals surface area (Å²) in [5, 5.41) is 9.84. The highest BCUT2D eigenvalue weighted by atomic mass is 16.3. The van der Waals surface area contributed by atoms with E-state index in [0.717, 1.165) is 44.4 Å². The molecule has 0 atom stereocenters. The van der Waals surface area contributed by atoms with Crippen molar-refractivity contribution in [3.63, 3.8) is 0 Å². The van der Waals surface area contributed by atoms with Gasteiger partial charge in [0.1, 0.15) is 11.2 Å². The highest BCUT2D eigenvalue weighted by Gasteiger charge is 2.53. The number of anilines is 3.